The molecule has 0 unspecified atom stereocenters. The summed E-state index contributed by atoms with van der Waals surface area (Å²) < 4.78 is 52.2. The Bertz CT molecular complexity index is 812. The molecule has 2 rings (SSSR count). The highest BCUT2D eigenvalue weighted by Crippen LogP contribution is 2.31. The van der Waals surface area contributed by atoms with Gasteiger partial charge in [-0.3, -0.25) is 4.79 Å². The van der Waals surface area contributed by atoms with Crippen molar-refractivity contribution in [1.29, 1.82) is 0 Å². The van der Waals surface area contributed by atoms with Gasteiger partial charge in [-0.1, -0.05) is 17.7 Å². The molecule has 0 atom stereocenters. The Morgan fingerprint density at radius 3 is 2.33 bits per heavy atom. The summed E-state index contributed by atoms with van der Waals surface area (Å²) in [6.45, 7) is -1.48. The van der Waals surface area contributed by atoms with Crippen LogP contribution in [0.15, 0.2) is 36.4 Å². The smallest absolute Gasteiger partial charge is 0.422 e. The van der Waals surface area contributed by atoms with Crippen LogP contribution in [0.5, 0.6) is 17.2 Å². The maximum absolute atomic E-state index is 12.4. The van der Waals surface area contributed by atoms with E-state index < -0.39 is 18.7 Å². The molecule has 9 heteroatoms. The van der Waals surface area contributed by atoms with Gasteiger partial charge in [-0.15, -0.1) is 0 Å². The quantitative estimate of drug-likeness (QED) is 0.740. The lowest BCUT2D eigenvalue weighted by Crippen LogP contribution is -2.20. The number of halogens is 4. The normalized spacial score (nSPS) is 11.0. The molecule has 1 N–H and O–H groups in total. The second kappa shape index (κ2) is 8.85. The second-order valence-electron chi connectivity index (χ2n) is 5.46. The van der Waals surface area contributed by atoms with E-state index in [1.165, 1.54) is 32.4 Å². The zero-order valence-corrected chi connectivity index (χ0v) is 15.3. The summed E-state index contributed by atoms with van der Waals surface area (Å²) in [7, 11) is 2.96. The van der Waals surface area contributed by atoms with Gasteiger partial charge < -0.3 is 19.5 Å². The summed E-state index contributed by atoms with van der Waals surface area (Å²) in [6.07, 6.45) is -4.54. The highest BCUT2D eigenvalue weighted by Gasteiger charge is 2.29. The fourth-order valence-corrected chi connectivity index (χ4v) is 2.43. The first-order valence-electron chi connectivity index (χ1n) is 7.71. The van der Waals surface area contributed by atoms with Gasteiger partial charge in [0.25, 0.3) is 0 Å². The molecule has 0 saturated heterocycles. The van der Waals surface area contributed by atoms with Crippen molar-refractivity contribution in [3.05, 3.63) is 47.0 Å². The van der Waals surface area contributed by atoms with Crippen LogP contribution < -0.4 is 19.5 Å². The molecule has 0 aliphatic heterocycles. The number of rotatable bonds is 7. The summed E-state index contributed by atoms with van der Waals surface area (Å²) in [5.41, 5.74) is 0.683. The highest BCUT2D eigenvalue weighted by molar-refractivity contribution is 6.31. The second-order valence-corrected chi connectivity index (χ2v) is 5.90. The molecule has 0 aromatic heterocycles. The summed E-state index contributed by atoms with van der Waals surface area (Å²) in [6, 6.07) is 8.92. The fourth-order valence-electron chi connectivity index (χ4n) is 2.26. The Morgan fingerprint density at radius 1 is 1.04 bits per heavy atom. The molecule has 0 heterocycles. The minimum absolute atomic E-state index is 0.0361. The lowest BCUT2D eigenvalue weighted by molar-refractivity contribution is -0.153. The van der Waals surface area contributed by atoms with E-state index in [1.807, 2.05) is 0 Å². The number of amides is 1. The maximum atomic E-state index is 12.4. The first-order valence-corrected chi connectivity index (χ1v) is 8.09. The molecule has 0 bridgehead atoms. The monoisotopic (exact) mass is 403 g/mol. The van der Waals surface area contributed by atoms with E-state index in [-0.39, 0.29) is 22.9 Å². The van der Waals surface area contributed by atoms with Crippen molar-refractivity contribution >= 4 is 23.2 Å². The van der Waals surface area contributed by atoms with E-state index in [9.17, 15) is 18.0 Å². The third-order valence-corrected chi connectivity index (χ3v) is 3.65. The number of carbonyl (C=O) groups excluding carboxylic acids is 1. The van der Waals surface area contributed by atoms with Crippen LogP contribution in [0.1, 0.15) is 5.56 Å². The van der Waals surface area contributed by atoms with Crippen LogP contribution in [0.3, 0.4) is 0 Å². The third kappa shape index (κ3) is 6.25. The Labute approximate surface area is 159 Å². The minimum atomic E-state index is -4.50. The van der Waals surface area contributed by atoms with Crippen LogP contribution in [-0.4, -0.2) is 32.9 Å². The van der Waals surface area contributed by atoms with Gasteiger partial charge in [0.1, 0.15) is 5.75 Å². The minimum Gasteiger partial charge on any atom is -0.493 e. The van der Waals surface area contributed by atoms with E-state index >= 15 is 0 Å². The van der Waals surface area contributed by atoms with Crippen LogP contribution in [0.25, 0.3) is 0 Å². The lowest BCUT2D eigenvalue weighted by Gasteiger charge is -2.14. The molecule has 2 aromatic rings. The molecule has 0 spiro atoms. The van der Waals surface area contributed by atoms with Crippen LogP contribution in [-0.2, 0) is 11.2 Å². The van der Waals surface area contributed by atoms with Crippen molar-refractivity contribution in [3.8, 4) is 17.2 Å². The molecule has 0 fully saturated rings. The molecule has 0 radical (unpaired) electrons. The van der Waals surface area contributed by atoms with Crippen LogP contribution in [0.2, 0.25) is 5.02 Å². The van der Waals surface area contributed by atoms with Gasteiger partial charge in [0.05, 0.1) is 26.3 Å². The van der Waals surface area contributed by atoms with Gasteiger partial charge in [0.2, 0.25) is 5.91 Å². The average molecular weight is 404 g/mol. The van der Waals surface area contributed by atoms with Crippen LogP contribution in [0, 0.1) is 0 Å². The summed E-state index contributed by atoms with van der Waals surface area (Å²) in [5, 5.41) is 2.76. The molecular weight excluding hydrogens is 387 g/mol. The molecule has 1 amide bonds. The Morgan fingerprint density at radius 2 is 1.70 bits per heavy atom. The number of nitrogens with one attached hydrogen (secondary N) is 1. The number of ether oxygens (including phenoxy) is 3. The third-order valence-electron chi connectivity index (χ3n) is 3.42. The maximum Gasteiger partial charge on any atom is 0.422 e. The Balaban J connectivity index is 2.12. The number of benzene rings is 2. The van der Waals surface area contributed by atoms with Gasteiger partial charge >= 0.3 is 6.18 Å². The number of hydrogen-bond donors (Lipinski definition) is 1. The summed E-state index contributed by atoms with van der Waals surface area (Å²) >= 11 is 5.86. The molecule has 0 aliphatic rings. The van der Waals surface area contributed by atoms with Crippen molar-refractivity contribution < 1.29 is 32.2 Å². The SMILES string of the molecule is COc1ccc(CC(=O)Nc2cc(Cl)ccc2OCC(F)(F)F)cc1OC. The molecule has 2 aromatic carbocycles. The van der Waals surface area contributed by atoms with Gasteiger partial charge in [0.15, 0.2) is 18.1 Å². The zero-order valence-electron chi connectivity index (χ0n) is 14.5. The Kier molecular flexibility index (Phi) is 6.79. The zero-order chi connectivity index (χ0) is 20.0. The number of carbonyl (C=O) groups is 1. The summed E-state index contributed by atoms with van der Waals surface area (Å²) in [4.78, 5) is 12.3. The van der Waals surface area contributed by atoms with Crippen molar-refractivity contribution in [2.24, 2.45) is 0 Å². The first-order chi connectivity index (χ1) is 12.7. The van der Waals surface area contributed by atoms with E-state index in [1.54, 1.807) is 18.2 Å². The number of anilines is 1. The van der Waals surface area contributed by atoms with Crippen molar-refractivity contribution in [2.45, 2.75) is 12.6 Å². The topological polar surface area (TPSA) is 56.8 Å². The van der Waals surface area contributed by atoms with Gasteiger partial charge in [-0.2, -0.15) is 13.2 Å². The fraction of sp³-hybridized carbons (Fsp3) is 0.278. The molecule has 27 heavy (non-hydrogen) atoms. The van der Waals surface area contributed by atoms with Crippen molar-refractivity contribution in [1.82, 2.24) is 0 Å². The first kappa shape index (κ1) is 20.7. The van der Waals surface area contributed by atoms with E-state index in [4.69, 9.17) is 25.8 Å². The summed E-state index contributed by atoms with van der Waals surface area (Å²) in [5.74, 6) is 0.387. The van der Waals surface area contributed by atoms with Crippen molar-refractivity contribution in [2.75, 3.05) is 26.1 Å². The molecular formula is C18H17ClF3NO4. The number of methoxy groups -OCH3 is 2. The van der Waals surface area contributed by atoms with Crippen molar-refractivity contribution in [3.63, 3.8) is 0 Å². The Hall–Kier alpha value is -2.61. The van der Waals surface area contributed by atoms with Gasteiger partial charge in [0, 0.05) is 5.02 Å². The number of alkyl halides is 3. The van der Waals surface area contributed by atoms with E-state index in [0.29, 0.717) is 17.1 Å². The van der Waals surface area contributed by atoms with Gasteiger partial charge in [-0.25, -0.2) is 0 Å². The van der Waals surface area contributed by atoms with E-state index in [0.717, 1.165) is 0 Å². The molecule has 0 aliphatic carbocycles. The largest absolute Gasteiger partial charge is 0.493 e. The average Bonchev–Trinajstić information content (AvgIpc) is 2.60. The predicted octanol–water partition coefficient (Wildman–Crippen LogP) is 4.48. The highest BCUT2D eigenvalue weighted by atomic mass is 35.5. The van der Waals surface area contributed by atoms with E-state index in [2.05, 4.69) is 5.32 Å². The van der Waals surface area contributed by atoms with Crippen LogP contribution >= 0.6 is 11.6 Å². The van der Waals surface area contributed by atoms with Gasteiger partial charge in [-0.05, 0) is 35.9 Å². The van der Waals surface area contributed by atoms with Crippen LogP contribution in [0.4, 0.5) is 18.9 Å². The predicted molar refractivity (Wildman–Crippen MR) is 94.9 cm³/mol. The number of hydrogen-bond acceptors (Lipinski definition) is 4. The molecule has 146 valence electrons. The standard InChI is InChI=1S/C18H17ClF3NO4/c1-25-15-5-3-11(7-16(15)26-2)8-17(24)23-13-9-12(19)4-6-14(13)27-10-18(20,21)22/h3-7,9H,8,10H2,1-2H3,(H,23,24). The lowest BCUT2D eigenvalue weighted by atomic mass is 10.1. The molecule has 5 nitrogen and oxygen atoms in total. The molecule has 0 saturated carbocycles.